The molecule has 1 aliphatic carbocycles. The van der Waals surface area contributed by atoms with E-state index in [2.05, 4.69) is 22.0 Å². The van der Waals surface area contributed by atoms with Crippen LogP contribution in [0.25, 0.3) is 0 Å². The molecule has 0 radical (unpaired) electrons. The highest BCUT2D eigenvalue weighted by Gasteiger charge is 2.27. The number of nitriles is 1. The number of hydrogen-bond acceptors (Lipinski definition) is 2. The molecule has 0 heterocycles. The van der Waals surface area contributed by atoms with E-state index in [1.165, 1.54) is 0 Å². The maximum atomic E-state index is 11.7. The Labute approximate surface area is 97.0 Å². The minimum Gasteiger partial charge on any atom is -0.293 e. The molecule has 1 aromatic rings. The van der Waals surface area contributed by atoms with Gasteiger partial charge in [-0.3, -0.25) is 4.79 Å². The summed E-state index contributed by atoms with van der Waals surface area (Å²) in [6.45, 7) is 0. The van der Waals surface area contributed by atoms with Crippen LogP contribution in [0.1, 0.15) is 40.2 Å². The fourth-order valence-corrected chi connectivity index (χ4v) is 1.99. The Balaban J connectivity index is 2.46. The van der Waals surface area contributed by atoms with Crippen molar-refractivity contribution in [1.82, 2.24) is 0 Å². The van der Waals surface area contributed by atoms with Gasteiger partial charge in [0.15, 0.2) is 5.78 Å². The van der Waals surface area contributed by atoms with Gasteiger partial charge in [0.1, 0.15) is 0 Å². The number of nitrogens with zero attached hydrogens (tertiary/aromatic N) is 1. The number of carbonyl (C=O) groups is 1. The van der Waals surface area contributed by atoms with Gasteiger partial charge in [-0.05, 0) is 36.5 Å². The molecule has 76 valence electrons. The molecular weight excluding hydrogens is 254 g/mol. The van der Waals surface area contributed by atoms with Crippen molar-refractivity contribution in [3.63, 3.8) is 0 Å². The molecule has 0 bridgehead atoms. The van der Waals surface area contributed by atoms with Crippen LogP contribution in [0.2, 0.25) is 0 Å². The Morgan fingerprint density at radius 1 is 1.53 bits per heavy atom. The third-order valence-electron chi connectivity index (χ3n) is 2.62. The second-order valence-corrected chi connectivity index (χ2v) is 4.31. The van der Waals surface area contributed by atoms with Crippen molar-refractivity contribution in [3.05, 3.63) is 34.9 Å². The van der Waals surface area contributed by atoms with Gasteiger partial charge in [0.05, 0.1) is 17.0 Å². The number of ketones is 1. The van der Waals surface area contributed by atoms with E-state index in [-0.39, 0.29) is 5.78 Å². The van der Waals surface area contributed by atoms with E-state index < -0.39 is 0 Å². The van der Waals surface area contributed by atoms with E-state index >= 15 is 0 Å². The normalized spacial score (nSPS) is 14.7. The van der Waals surface area contributed by atoms with Crippen LogP contribution in [0.15, 0.2) is 18.2 Å². The van der Waals surface area contributed by atoms with Crippen molar-refractivity contribution in [3.8, 4) is 6.07 Å². The number of carbonyl (C=O) groups excluding carboxylic acids is 1. The van der Waals surface area contributed by atoms with E-state index in [0.29, 0.717) is 22.4 Å². The Bertz CT molecular complexity index is 443. The summed E-state index contributed by atoms with van der Waals surface area (Å²) in [5.74, 6) is 0.602. The molecule has 0 spiro atoms. The predicted octanol–water partition coefficient (Wildman–Crippen LogP) is 3.01. The average Bonchev–Trinajstić information content (AvgIpc) is 3.11. The highest BCUT2D eigenvalue weighted by molar-refractivity contribution is 9.09. The van der Waals surface area contributed by atoms with Gasteiger partial charge >= 0.3 is 0 Å². The molecule has 0 unspecified atom stereocenters. The van der Waals surface area contributed by atoms with Crippen molar-refractivity contribution in [2.45, 2.75) is 18.8 Å². The van der Waals surface area contributed by atoms with Crippen LogP contribution in [0.4, 0.5) is 0 Å². The molecule has 0 aromatic heterocycles. The van der Waals surface area contributed by atoms with Gasteiger partial charge in [-0.2, -0.15) is 5.26 Å². The number of Topliss-reactive ketones (excluding diaryl/α,β-unsaturated/α-hetero) is 1. The first-order valence-corrected chi connectivity index (χ1v) is 6.01. The van der Waals surface area contributed by atoms with E-state index in [1.807, 2.05) is 6.07 Å². The molecule has 2 rings (SSSR count). The molecule has 0 N–H and O–H groups in total. The van der Waals surface area contributed by atoms with E-state index in [4.69, 9.17) is 5.26 Å². The molecule has 15 heavy (non-hydrogen) atoms. The quantitative estimate of drug-likeness (QED) is 0.622. The van der Waals surface area contributed by atoms with Crippen LogP contribution in [-0.2, 0) is 0 Å². The predicted molar refractivity (Wildman–Crippen MR) is 61.3 cm³/mol. The minimum atomic E-state index is 0.0639. The van der Waals surface area contributed by atoms with Gasteiger partial charge in [-0.25, -0.2) is 0 Å². The topological polar surface area (TPSA) is 40.9 Å². The van der Waals surface area contributed by atoms with Crippen molar-refractivity contribution >= 4 is 21.7 Å². The summed E-state index contributed by atoms with van der Waals surface area (Å²) in [6, 6.07) is 7.48. The molecule has 1 aromatic carbocycles. The maximum absolute atomic E-state index is 11.7. The molecule has 0 amide bonds. The summed E-state index contributed by atoms with van der Waals surface area (Å²) in [6.07, 6.45) is 2.32. The first-order valence-electron chi connectivity index (χ1n) is 4.89. The largest absolute Gasteiger partial charge is 0.293 e. The Morgan fingerprint density at radius 3 is 2.80 bits per heavy atom. The Morgan fingerprint density at radius 2 is 2.27 bits per heavy atom. The van der Waals surface area contributed by atoms with Gasteiger partial charge in [-0.15, -0.1) is 0 Å². The third-order valence-corrected chi connectivity index (χ3v) is 3.13. The van der Waals surface area contributed by atoms with Crippen LogP contribution in [0.3, 0.4) is 0 Å². The standard InChI is InChI=1S/C12H10BrNO/c13-6-12(15)11-5-8(7-14)1-4-10(11)9-2-3-9/h1,4-5,9H,2-3,6H2. The second-order valence-electron chi connectivity index (χ2n) is 3.74. The minimum absolute atomic E-state index is 0.0639. The number of benzene rings is 1. The highest BCUT2D eigenvalue weighted by Crippen LogP contribution is 2.42. The maximum Gasteiger partial charge on any atom is 0.173 e. The Kier molecular flexibility index (Phi) is 2.88. The van der Waals surface area contributed by atoms with Crippen molar-refractivity contribution in [2.75, 3.05) is 5.33 Å². The van der Waals surface area contributed by atoms with Crippen LogP contribution in [0.5, 0.6) is 0 Å². The van der Waals surface area contributed by atoms with Gasteiger partial charge in [-0.1, -0.05) is 22.0 Å². The second kappa shape index (κ2) is 4.16. The van der Waals surface area contributed by atoms with Crippen molar-refractivity contribution in [2.24, 2.45) is 0 Å². The highest BCUT2D eigenvalue weighted by atomic mass is 79.9. The molecule has 0 atom stereocenters. The molecule has 0 aliphatic heterocycles. The zero-order valence-electron chi connectivity index (χ0n) is 8.16. The zero-order valence-corrected chi connectivity index (χ0v) is 9.75. The van der Waals surface area contributed by atoms with Crippen LogP contribution in [-0.4, -0.2) is 11.1 Å². The summed E-state index contributed by atoms with van der Waals surface area (Å²) in [5, 5.41) is 9.11. The lowest BCUT2D eigenvalue weighted by atomic mass is 9.98. The smallest absolute Gasteiger partial charge is 0.173 e. The SMILES string of the molecule is N#Cc1ccc(C2CC2)c(C(=O)CBr)c1. The first-order chi connectivity index (χ1) is 7.26. The monoisotopic (exact) mass is 263 g/mol. The van der Waals surface area contributed by atoms with Gasteiger partial charge in [0.2, 0.25) is 0 Å². The summed E-state index contributed by atoms with van der Waals surface area (Å²) < 4.78 is 0. The van der Waals surface area contributed by atoms with E-state index in [9.17, 15) is 4.79 Å². The lowest BCUT2D eigenvalue weighted by Gasteiger charge is -2.06. The Hall–Kier alpha value is -1.14. The number of halogens is 1. The van der Waals surface area contributed by atoms with Crippen molar-refractivity contribution < 1.29 is 4.79 Å². The molecule has 2 nitrogen and oxygen atoms in total. The summed E-state index contributed by atoms with van der Waals surface area (Å²) >= 11 is 3.17. The molecule has 1 aliphatic rings. The van der Waals surface area contributed by atoms with Gasteiger partial charge in [0.25, 0.3) is 0 Å². The van der Waals surface area contributed by atoms with E-state index in [0.717, 1.165) is 18.4 Å². The molecule has 0 saturated heterocycles. The van der Waals surface area contributed by atoms with E-state index in [1.54, 1.807) is 12.1 Å². The lowest BCUT2D eigenvalue weighted by Crippen LogP contribution is -2.04. The lowest BCUT2D eigenvalue weighted by molar-refractivity contribution is 0.102. The molecule has 1 fully saturated rings. The number of hydrogen-bond donors (Lipinski definition) is 0. The molecule has 3 heteroatoms. The molecule has 1 saturated carbocycles. The first kappa shape index (κ1) is 10.4. The van der Waals surface area contributed by atoms with Crippen LogP contribution >= 0.6 is 15.9 Å². The fourth-order valence-electron chi connectivity index (χ4n) is 1.69. The van der Waals surface area contributed by atoms with Crippen molar-refractivity contribution in [1.29, 1.82) is 5.26 Å². The summed E-state index contributed by atoms with van der Waals surface area (Å²) in [4.78, 5) is 11.7. The zero-order chi connectivity index (χ0) is 10.8. The molecular formula is C12H10BrNO. The van der Waals surface area contributed by atoms with Gasteiger partial charge in [0, 0.05) is 5.56 Å². The van der Waals surface area contributed by atoms with Gasteiger partial charge < -0.3 is 0 Å². The number of alkyl halides is 1. The number of rotatable bonds is 3. The summed E-state index contributed by atoms with van der Waals surface area (Å²) in [7, 11) is 0. The third kappa shape index (κ3) is 2.10. The average molecular weight is 264 g/mol. The fraction of sp³-hybridized carbons (Fsp3) is 0.333. The summed E-state index contributed by atoms with van der Waals surface area (Å²) in [5.41, 5.74) is 2.38. The van der Waals surface area contributed by atoms with Crippen LogP contribution in [0, 0.1) is 11.3 Å². The van der Waals surface area contributed by atoms with Crippen LogP contribution < -0.4 is 0 Å².